The van der Waals surface area contributed by atoms with Gasteiger partial charge in [0.05, 0.1) is 19.8 Å². The van der Waals surface area contributed by atoms with Crippen molar-refractivity contribution in [3.8, 4) is 0 Å². The molecule has 0 amide bonds. The van der Waals surface area contributed by atoms with Crippen molar-refractivity contribution in [2.24, 2.45) is 0 Å². The fraction of sp³-hybridized carbons (Fsp3) is 0.738. The quantitative estimate of drug-likeness (QED) is 0.0113. The molecule has 0 aromatic rings. The van der Waals surface area contributed by atoms with Gasteiger partial charge in [0.15, 0.2) is 11.9 Å². The molecule has 0 heterocycles. The van der Waals surface area contributed by atoms with Gasteiger partial charge in [-0.25, -0.2) is 9.13 Å². The zero-order chi connectivity index (χ0) is 43.2. The van der Waals surface area contributed by atoms with Crippen molar-refractivity contribution < 1.29 is 66.3 Å². The van der Waals surface area contributed by atoms with E-state index in [4.69, 9.17) is 23.8 Å². The maximum atomic E-state index is 12.6. The van der Waals surface area contributed by atoms with Crippen molar-refractivity contribution in [2.45, 2.75) is 174 Å². The Morgan fingerprint density at radius 1 is 0.552 bits per heavy atom. The lowest BCUT2D eigenvalue weighted by Gasteiger charge is -2.20. The summed E-state index contributed by atoms with van der Waals surface area (Å²) in [4.78, 5) is 64.6. The predicted octanol–water partition coefficient (Wildman–Crippen LogP) is 9.85. The molecule has 0 bridgehead atoms. The number of rotatable bonds is 40. The Kier molecular flexibility index (Phi) is 36.3. The first-order valence-electron chi connectivity index (χ1n) is 21.3. The molecule has 16 heteroatoms. The topological polar surface area (TPSA) is 212 Å². The van der Waals surface area contributed by atoms with Gasteiger partial charge in [0.2, 0.25) is 0 Å². The second-order valence-corrected chi connectivity index (χ2v) is 17.0. The van der Waals surface area contributed by atoms with Crippen LogP contribution in [0.3, 0.4) is 0 Å². The van der Waals surface area contributed by atoms with Gasteiger partial charge >= 0.3 is 27.6 Å². The van der Waals surface area contributed by atoms with E-state index in [1.165, 1.54) is 32.1 Å². The first kappa shape index (κ1) is 55.8. The molecule has 0 rings (SSSR count). The number of unbranched alkanes of at least 4 members (excludes halogenated alkanes) is 15. The van der Waals surface area contributed by atoms with Crippen LogP contribution < -0.4 is 0 Å². The third-order valence-corrected chi connectivity index (χ3v) is 10.1. The number of carbonyl (C=O) groups is 3. The van der Waals surface area contributed by atoms with Crippen molar-refractivity contribution in [1.29, 1.82) is 0 Å². The van der Waals surface area contributed by atoms with E-state index in [1.54, 1.807) is 12.2 Å². The predicted molar refractivity (Wildman–Crippen MR) is 226 cm³/mol. The van der Waals surface area contributed by atoms with Gasteiger partial charge in [0, 0.05) is 19.3 Å². The highest BCUT2D eigenvalue weighted by Gasteiger charge is 2.28. The minimum Gasteiger partial charge on any atom is -0.462 e. The SMILES string of the molecule is CCCCC/C=C\C=C\C(=O)CCCCCCCC(=O)OC[C@H](COP(=O)(O)OC[C@@H](O)COP(=O)(O)O)OC(=O)CCCCCCC/C=C\C/C=C\CCCCC. The van der Waals surface area contributed by atoms with Crippen LogP contribution >= 0.6 is 15.6 Å². The molecule has 0 saturated heterocycles. The van der Waals surface area contributed by atoms with Crippen molar-refractivity contribution in [1.82, 2.24) is 0 Å². The summed E-state index contributed by atoms with van der Waals surface area (Å²) < 4.78 is 47.6. The van der Waals surface area contributed by atoms with E-state index >= 15 is 0 Å². The average Bonchev–Trinajstić information content (AvgIpc) is 3.17. The zero-order valence-electron chi connectivity index (χ0n) is 35.1. The highest BCUT2D eigenvalue weighted by molar-refractivity contribution is 7.47. The van der Waals surface area contributed by atoms with Crippen LogP contribution in [0, 0.1) is 0 Å². The lowest BCUT2D eigenvalue weighted by molar-refractivity contribution is -0.161. The number of phosphoric ester groups is 2. The molecule has 0 saturated carbocycles. The van der Waals surface area contributed by atoms with Gasteiger partial charge in [-0.15, -0.1) is 0 Å². The molecule has 0 aliphatic heterocycles. The number of esters is 2. The van der Waals surface area contributed by atoms with Crippen molar-refractivity contribution >= 4 is 33.4 Å². The minimum atomic E-state index is -4.88. The van der Waals surface area contributed by atoms with E-state index in [0.717, 1.165) is 83.5 Å². The molecule has 336 valence electrons. The molecule has 14 nitrogen and oxygen atoms in total. The molecule has 0 radical (unpaired) electrons. The summed E-state index contributed by atoms with van der Waals surface area (Å²) in [6.45, 7) is 1.52. The summed E-state index contributed by atoms with van der Waals surface area (Å²) in [6.07, 6.45) is 33.5. The van der Waals surface area contributed by atoms with E-state index in [1.807, 2.05) is 6.08 Å². The Balaban J connectivity index is 4.64. The van der Waals surface area contributed by atoms with Gasteiger partial charge in [-0.05, 0) is 70.3 Å². The number of hydrogen-bond donors (Lipinski definition) is 4. The summed E-state index contributed by atoms with van der Waals surface area (Å²) in [5.74, 6) is -1.06. The van der Waals surface area contributed by atoms with Crippen LogP contribution in [0.5, 0.6) is 0 Å². The number of carbonyl (C=O) groups excluding carboxylic acids is 3. The smallest absolute Gasteiger partial charge is 0.462 e. The number of aliphatic hydroxyl groups is 1. The van der Waals surface area contributed by atoms with Crippen LogP contribution in [-0.2, 0) is 46.6 Å². The van der Waals surface area contributed by atoms with Crippen molar-refractivity contribution in [3.05, 3.63) is 48.6 Å². The number of hydrogen-bond acceptors (Lipinski definition) is 11. The minimum absolute atomic E-state index is 0.0847. The second-order valence-electron chi connectivity index (χ2n) is 14.3. The third kappa shape index (κ3) is 40.5. The largest absolute Gasteiger partial charge is 0.472 e. The van der Waals surface area contributed by atoms with Crippen molar-refractivity contribution in [2.75, 3.05) is 26.4 Å². The lowest BCUT2D eigenvalue weighted by atomic mass is 10.1. The Morgan fingerprint density at radius 3 is 1.66 bits per heavy atom. The normalized spacial score (nSPS) is 14.4. The monoisotopic (exact) mass is 864 g/mol. The van der Waals surface area contributed by atoms with E-state index in [-0.39, 0.29) is 18.6 Å². The van der Waals surface area contributed by atoms with Crippen LogP contribution in [0.2, 0.25) is 0 Å². The van der Waals surface area contributed by atoms with Crippen LogP contribution in [0.15, 0.2) is 48.6 Å². The van der Waals surface area contributed by atoms with E-state index < -0.39 is 66.2 Å². The fourth-order valence-corrected chi connectivity index (χ4v) is 6.51. The summed E-state index contributed by atoms with van der Waals surface area (Å²) in [6, 6.07) is 0. The van der Waals surface area contributed by atoms with Gasteiger partial charge in [-0.1, -0.05) is 121 Å². The fourth-order valence-electron chi connectivity index (χ4n) is 5.36. The van der Waals surface area contributed by atoms with E-state index in [9.17, 15) is 33.5 Å². The average molecular weight is 865 g/mol. The van der Waals surface area contributed by atoms with Gasteiger partial charge in [0.1, 0.15) is 12.7 Å². The zero-order valence-corrected chi connectivity index (χ0v) is 36.9. The molecule has 1 unspecified atom stereocenters. The van der Waals surface area contributed by atoms with E-state index in [2.05, 4.69) is 53.3 Å². The molecule has 0 aromatic carbocycles. The molecule has 0 fully saturated rings. The van der Waals surface area contributed by atoms with E-state index in [0.29, 0.717) is 19.3 Å². The summed E-state index contributed by atoms with van der Waals surface area (Å²) in [7, 11) is -9.71. The van der Waals surface area contributed by atoms with Gasteiger partial charge in [-0.2, -0.15) is 0 Å². The Morgan fingerprint density at radius 2 is 1.05 bits per heavy atom. The summed E-state index contributed by atoms with van der Waals surface area (Å²) in [5.41, 5.74) is 0. The maximum absolute atomic E-state index is 12.6. The molecule has 0 aromatic heterocycles. The van der Waals surface area contributed by atoms with Gasteiger partial charge in [-0.3, -0.25) is 28.0 Å². The number of aliphatic hydroxyl groups excluding tert-OH is 1. The number of ether oxygens (including phenoxy) is 2. The number of allylic oxidation sites excluding steroid dienone is 8. The summed E-state index contributed by atoms with van der Waals surface area (Å²) in [5, 5.41) is 9.73. The number of ketones is 1. The Bertz CT molecular complexity index is 1280. The van der Waals surface area contributed by atoms with Gasteiger partial charge in [0.25, 0.3) is 0 Å². The molecule has 0 aliphatic rings. The molecule has 58 heavy (non-hydrogen) atoms. The molecule has 0 aliphatic carbocycles. The van der Waals surface area contributed by atoms with Crippen LogP contribution in [0.4, 0.5) is 0 Å². The number of phosphoric acid groups is 2. The summed E-state index contributed by atoms with van der Waals surface area (Å²) >= 11 is 0. The van der Waals surface area contributed by atoms with Crippen LogP contribution in [0.1, 0.15) is 162 Å². The highest BCUT2D eigenvalue weighted by Crippen LogP contribution is 2.43. The molecule has 0 spiro atoms. The molecule has 4 N–H and O–H groups in total. The molecular formula is C42H74O14P2. The lowest BCUT2D eigenvalue weighted by Crippen LogP contribution is -2.30. The first-order chi connectivity index (χ1) is 27.8. The highest BCUT2D eigenvalue weighted by atomic mass is 31.2. The standard InChI is InChI=1S/C42H74O14P2/c1-3-5-7-9-11-12-13-14-15-16-17-18-20-24-29-33-42(46)56-40(37-55-58(50,51)54-35-39(44)34-53-57(47,48)49)36-52-41(45)32-28-25-21-23-27-31-38(43)30-26-22-19-10-8-6-4-2/h11-12,14-15,19,22,26,30,39-40,44H,3-10,13,16-18,20-21,23-25,27-29,31-37H2,1-2H3,(H,50,51)(H2,47,48,49)/b12-11-,15-14-,22-19-,30-26+/t39-,40+/m0/s1. The third-order valence-electron chi connectivity index (χ3n) is 8.66. The van der Waals surface area contributed by atoms with Crippen LogP contribution in [-0.4, -0.2) is 76.1 Å². The van der Waals surface area contributed by atoms with Crippen molar-refractivity contribution in [3.63, 3.8) is 0 Å². The maximum Gasteiger partial charge on any atom is 0.472 e. The Labute approximate surface area is 347 Å². The van der Waals surface area contributed by atoms with Gasteiger partial charge < -0.3 is 29.3 Å². The molecular weight excluding hydrogens is 790 g/mol. The van der Waals surface area contributed by atoms with Crippen LogP contribution in [0.25, 0.3) is 0 Å². The molecule has 3 atom stereocenters. The second kappa shape index (κ2) is 37.7. The first-order valence-corrected chi connectivity index (χ1v) is 24.3. The Hall–Kier alpha value is -2.25.